The van der Waals surface area contributed by atoms with Gasteiger partial charge in [0.1, 0.15) is 5.82 Å². The summed E-state index contributed by atoms with van der Waals surface area (Å²) >= 11 is 9.46. The first-order valence-corrected chi connectivity index (χ1v) is 7.74. The molecule has 0 radical (unpaired) electrons. The Morgan fingerprint density at radius 2 is 2.10 bits per heavy atom. The van der Waals surface area contributed by atoms with Crippen LogP contribution in [0.15, 0.2) is 34.8 Å². The molecule has 0 saturated heterocycles. The minimum atomic E-state index is 0.407. The number of nitrogen functional groups attached to an aromatic ring is 1. The number of nitrogens with two attached hydrogens (primary N) is 1. The molecule has 2 rings (SSSR count). The van der Waals surface area contributed by atoms with Gasteiger partial charge in [-0.3, -0.25) is 0 Å². The minimum absolute atomic E-state index is 0.407. The summed E-state index contributed by atoms with van der Waals surface area (Å²) in [4.78, 5) is 4.39. The van der Waals surface area contributed by atoms with Crippen LogP contribution in [0.3, 0.4) is 0 Å². The highest BCUT2D eigenvalue weighted by Crippen LogP contribution is 2.30. The summed E-state index contributed by atoms with van der Waals surface area (Å²) in [6.07, 6.45) is 0. The molecule has 0 unspecified atom stereocenters. The van der Waals surface area contributed by atoms with Crippen LogP contribution in [0.2, 0.25) is 5.02 Å². The molecule has 1 aromatic heterocycles. The highest BCUT2D eigenvalue weighted by atomic mass is 79.9. The van der Waals surface area contributed by atoms with Gasteiger partial charge in [0.25, 0.3) is 0 Å². The molecule has 4 nitrogen and oxygen atoms in total. The first-order chi connectivity index (χ1) is 9.95. The fourth-order valence-electron chi connectivity index (χ4n) is 1.61. The lowest BCUT2D eigenvalue weighted by atomic mass is 10.2. The molecule has 0 amide bonds. The Hall–Kier alpha value is -1.46. The number of rotatable bonds is 5. The molecule has 3 N–H and O–H groups in total. The van der Waals surface area contributed by atoms with E-state index in [0.29, 0.717) is 34.9 Å². The molecule has 1 heterocycles. The number of nitrogens with zero attached hydrogens (tertiary/aromatic N) is 1. The SMILES string of the molecule is CC(C)COc1nc(Nc2cc(Cl)ccc2Br)ccc1N. The van der Waals surface area contributed by atoms with E-state index < -0.39 is 0 Å². The van der Waals surface area contributed by atoms with Gasteiger partial charge >= 0.3 is 0 Å². The van der Waals surface area contributed by atoms with Crippen LogP contribution < -0.4 is 15.8 Å². The summed E-state index contributed by atoms with van der Waals surface area (Å²) in [7, 11) is 0. The molecule has 0 fully saturated rings. The Bertz CT molecular complexity index is 634. The molecular formula is C15H17BrClN3O. The second-order valence-electron chi connectivity index (χ2n) is 5.04. The van der Waals surface area contributed by atoms with Crippen molar-refractivity contribution in [2.24, 2.45) is 5.92 Å². The average molecular weight is 371 g/mol. The standard InChI is InChI=1S/C15H17BrClN3O/c1-9(2)8-21-15-12(18)5-6-14(20-15)19-13-7-10(17)3-4-11(13)16/h3-7,9H,8,18H2,1-2H3,(H,19,20). The monoisotopic (exact) mass is 369 g/mol. The largest absolute Gasteiger partial charge is 0.476 e. The quantitative estimate of drug-likeness (QED) is 0.789. The van der Waals surface area contributed by atoms with Crippen LogP contribution in [0.1, 0.15) is 13.8 Å². The maximum absolute atomic E-state index is 6.00. The average Bonchev–Trinajstić information content (AvgIpc) is 2.43. The second kappa shape index (κ2) is 7.00. The van der Waals surface area contributed by atoms with E-state index in [-0.39, 0.29) is 0 Å². The molecule has 0 aliphatic heterocycles. The molecule has 1 aromatic carbocycles. The summed E-state index contributed by atoms with van der Waals surface area (Å²) in [5.74, 6) is 1.49. The second-order valence-corrected chi connectivity index (χ2v) is 6.34. The third kappa shape index (κ3) is 4.51. The zero-order valence-electron chi connectivity index (χ0n) is 11.9. The van der Waals surface area contributed by atoms with Crippen molar-refractivity contribution >= 4 is 44.7 Å². The van der Waals surface area contributed by atoms with Crippen molar-refractivity contribution in [2.75, 3.05) is 17.7 Å². The van der Waals surface area contributed by atoms with Gasteiger partial charge in [0.15, 0.2) is 0 Å². The number of aromatic nitrogens is 1. The van der Waals surface area contributed by atoms with Gasteiger partial charge in [-0.05, 0) is 52.2 Å². The van der Waals surface area contributed by atoms with Gasteiger partial charge in [-0.15, -0.1) is 0 Å². The van der Waals surface area contributed by atoms with Gasteiger partial charge in [-0.1, -0.05) is 25.4 Å². The smallest absolute Gasteiger partial charge is 0.239 e. The van der Waals surface area contributed by atoms with Gasteiger partial charge in [-0.25, -0.2) is 0 Å². The van der Waals surface area contributed by atoms with Crippen LogP contribution in [0.25, 0.3) is 0 Å². The molecule has 21 heavy (non-hydrogen) atoms. The predicted molar refractivity (Wildman–Crippen MR) is 91.4 cm³/mol. The lowest BCUT2D eigenvalue weighted by Gasteiger charge is -2.13. The van der Waals surface area contributed by atoms with E-state index in [4.69, 9.17) is 22.1 Å². The molecular weight excluding hydrogens is 354 g/mol. The number of hydrogen-bond acceptors (Lipinski definition) is 4. The highest BCUT2D eigenvalue weighted by molar-refractivity contribution is 9.10. The number of pyridine rings is 1. The van der Waals surface area contributed by atoms with Crippen molar-refractivity contribution in [3.05, 3.63) is 39.8 Å². The lowest BCUT2D eigenvalue weighted by molar-refractivity contribution is 0.263. The van der Waals surface area contributed by atoms with Gasteiger partial charge in [0, 0.05) is 9.50 Å². The van der Waals surface area contributed by atoms with Crippen molar-refractivity contribution in [3.8, 4) is 5.88 Å². The molecule has 0 spiro atoms. The van der Waals surface area contributed by atoms with E-state index in [0.717, 1.165) is 10.2 Å². The summed E-state index contributed by atoms with van der Waals surface area (Å²) in [5.41, 5.74) is 7.23. The first-order valence-electron chi connectivity index (χ1n) is 6.57. The Morgan fingerprint density at radius 3 is 2.81 bits per heavy atom. The maximum Gasteiger partial charge on any atom is 0.239 e. The van der Waals surface area contributed by atoms with E-state index in [1.54, 1.807) is 12.1 Å². The fourth-order valence-corrected chi connectivity index (χ4v) is 2.13. The van der Waals surface area contributed by atoms with Crippen LogP contribution in [-0.4, -0.2) is 11.6 Å². The Balaban J connectivity index is 2.20. The lowest BCUT2D eigenvalue weighted by Crippen LogP contribution is -2.08. The van der Waals surface area contributed by atoms with Crippen molar-refractivity contribution in [1.82, 2.24) is 4.98 Å². The van der Waals surface area contributed by atoms with Crippen LogP contribution in [0.5, 0.6) is 5.88 Å². The fraction of sp³-hybridized carbons (Fsp3) is 0.267. The minimum Gasteiger partial charge on any atom is -0.476 e. The molecule has 112 valence electrons. The van der Waals surface area contributed by atoms with Crippen LogP contribution >= 0.6 is 27.5 Å². The van der Waals surface area contributed by atoms with Gasteiger partial charge in [0.05, 0.1) is 18.0 Å². The maximum atomic E-state index is 6.00. The summed E-state index contributed by atoms with van der Waals surface area (Å²) in [5, 5.41) is 3.84. The van der Waals surface area contributed by atoms with E-state index in [2.05, 4.69) is 40.1 Å². The number of ether oxygens (including phenoxy) is 1. The van der Waals surface area contributed by atoms with E-state index in [1.807, 2.05) is 18.2 Å². The zero-order valence-corrected chi connectivity index (χ0v) is 14.2. The predicted octanol–water partition coefficient (Wildman–Crippen LogP) is 4.86. The van der Waals surface area contributed by atoms with Gasteiger partial charge < -0.3 is 15.8 Å². The van der Waals surface area contributed by atoms with Crippen molar-refractivity contribution in [1.29, 1.82) is 0 Å². The normalized spacial score (nSPS) is 10.7. The van der Waals surface area contributed by atoms with E-state index in [1.165, 1.54) is 0 Å². The molecule has 0 aliphatic carbocycles. The highest BCUT2D eigenvalue weighted by Gasteiger charge is 2.08. The molecule has 0 aliphatic rings. The van der Waals surface area contributed by atoms with Crippen molar-refractivity contribution in [2.45, 2.75) is 13.8 Å². The van der Waals surface area contributed by atoms with Gasteiger partial charge in [0.2, 0.25) is 5.88 Å². The van der Waals surface area contributed by atoms with E-state index in [9.17, 15) is 0 Å². The Labute approximate surface area is 137 Å². The molecule has 0 saturated carbocycles. The summed E-state index contributed by atoms with van der Waals surface area (Å²) in [6, 6.07) is 9.06. The Kier molecular flexibility index (Phi) is 5.31. The van der Waals surface area contributed by atoms with E-state index >= 15 is 0 Å². The molecule has 0 bridgehead atoms. The topological polar surface area (TPSA) is 60.2 Å². The van der Waals surface area contributed by atoms with Crippen LogP contribution in [0.4, 0.5) is 17.2 Å². The van der Waals surface area contributed by atoms with Crippen LogP contribution in [-0.2, 0) is 0 Å². The Morgan fingerprint density at radius 1 is 1.33 bits per heavy atom. The van der Waals surface area contributed by atoms with Crippen molar-refractivity contribution < 1.29 is 4.74 Å². The third-order valence-corrected chi connectivity index (χ3v) is 3.56. The number of nitrogens with one attached hydrogen (secondary N) is 1. The molecule has 0 atom stereocenters. The number of anilines is 3. The number of halogens is 2. The summed E-state index contributed by atoms with van der Waals surface area (Å²) in [6.45, 7) is 4.71. The molecule has 6 heteroatoms. The number of benzene rings is 1. The molecule has 2 aromatic rings. The van der Waals surface area contributed by atoms with Crippen LogP contribution in [0, 0.1) is 5.92 Å². The van der Waals surface area contributed by atoms with Gasteiger partial charge in [-0.2, -0.15) is 4.98 Å². The number of hydrogen-bond donors (Lipinski definition) is 2. The van der Waals surface area contributed by atoms with Crippen molar-refractivity contribution in [3.63, 3.8) is 0 Å². The zero-order chi connectivity index (χ0) is 15.4. The third-order valence-electron chi connectivity index (χ3n) is 2.63. The summed E-state index contributed by atoms with van der Waals surface area (Å²) < 4.78 is 6.51. The first kappa shape index (κ1) is 15.9.